The van der Waals surface area contributed by atoms with Crippen LogP contribution in [0.15, 0.2) is 53.8 Å². The lowest BCUT2D eigenvalue weighted by Gasteiger charge is -2.46. The van der Waals surface area contributed by atoms with E-state index in [9.17, 15) is 18.0 Å². The van der Waals surface area contributed by atoms with E-state index in [-0.39, 0.29) is 17.0 Å². The van der Waals surface area contributed by atoms with Crippen LogP contribution in [-0.2, 0) is 29.9 Å². The molecule has 0 N–H and O–H groups in total. The number of rotatable bonds is 6. The van der Waals surface area contributed by atoms with Crippen molar-refractivity contribution in [1.29, 1.82) is 0 Å². The molecule has 0 spiro atoms. The number of nitrogens with zero attached hydrogens (tertiary/aromatic N) is 6. The molecule has 1 saturated heterocycles. The highest BCUT2D eigenvalue weighted by molar-refractivity contribution is 5.58. The Hall–Kier alpha value is -3.44. The molecule has 6 rings (SSSR count). The predicted octanol–water partition coefficient (Wildman–Crippen LogP) is 4.56. The minimum Gasteiger partial charge on any atom is -0.376 e. The maximum absolute atomic E-state index is 14.3. The molecule has 1 aliphatic heterocycles. The highest BCUT2D eigenvalue weighted by Gasteiger charge is 2.48. The first-order chi connectivity index (χ1) is 19.1. The van der Waals surface area contributed by atoms with Gasteiger partial charge in [-0.05, 0) is 54.5 Å². The van der Waals surface area contributed by atoms with Crippen molar-refractivity contribution in [2.75, 3.05) is 19.7 Å². The van der Waals surface area contributed by atoms with Crippen LogP contribution >= 0.6 is 0 Å². The smallest absolute Gasteiger partial charge is 0.376 e. The van der Waals surface area contributed by atoms with Crippen LogP contribution in [0.2, 0.25) is 0 Å². The van der Waals surface area contributed by atoms with Gasteiger partial charge < -0.3 is 9.30 Å². The van der Waals surface area contributed by atoms with Crippen molar-refractivity contribution >= 4 is 5.52 Å². The molecule has 4 heterocycles. The maximum atomic E-state index is 14.3. The Morgan fingerprint density at radius 3 is 2.65 bits per heavy atom. The van der Waals surface area contributed by atoms with E-state index in [1.165, 1.54) is 16.8 Å². The quantitative estimate of drug-likeness (QED) is 0.350. The molecule has 0 radical (unpaired) electrons. The number of pyridine rings is 1. The van der Waals surface area contributed by atoms with Crippen LogP contribution in [0.3, 0.4) is 0 Å². The van der Waals surface area contributed by atoms with E-state index in [1.54, 1.807) is 18.6 Å². The number of ether oxygens (including phenoxy) is 1. The summed E-state index contributed by atoms with van der Waals surface area (Å²) in [5, 5.41) is 8.46. The van der Waals surface area contributed by atoms with E-state index in [2.05, 4.69) is 22.0 Å². The molecule has 1 saturated carbocycles. The fourth-order valence-electron chi connectivity index (χ4n) is 6.52. The molecule has 2 fully saturated rings. The molecule has 4 aromatic rings. The predicted molar refractivity (Wildman–Crippen MR) is 143 cm³/mol. The minimum absolute atomic E-state index is 0.0548. The Bertz CT molecular complexity index is 1600. The Balaban J connectivity index is 1.42. The van der Waals surface area contributed by atoms with Gasteiger partial charge in [0.2, 0.25) is 0 Å². The van der Waals surface area contributed by atoms with E-state index in [0.717, 1.165) is 35.1 Å². The lowest BCUT2D eigenvalue weighted by molar-refractivity contribution is -0.136. The third kappa shape index (κ3) is 4.54. The van der Waals surface area contributed by atoms with Crippen LogP contribution in [-0.4, -0.2) is 54.4 Å². The summed E-state index contributed by atoms with van der Waals surface area (Å²) in [7, 11) is 1.91. The number of hydrogen-bond acceptors (Lipinski definition) is 5. The summed E-state index contributed by atoms with van der Waals surface area (Å²) < 4.78 is 52.9. The van der Waals surface area contributed by atoms with Crippen molar-refractivity contribution in [2.45, 2.75) is 57.3 Å². The van der Waals surface area contributed by atoms with Gasteiger partial charge in [0.15, 0.2) is 0 Å². The van der Waals surface area contributed by atoms with Gasteiger partial charge in [0.25, 0.3) is 0 Å². The number of alkyl halides is 3. The van der Waals surface area contributed by atoms with Crippen LogP contribution in [0.1, 0.15) is 55.6 Å². The topological polar surface area (TPSA) is 69.6 Å². The van der Waals surface area contributed by atoms with Crippen LogP contribution in [0.5, 0.6) is 0 Å². The van der Waals surface area contributed by atoms with E-state index in [0.29, 0.717) is 43.4 Å². The first-order valence-corrected chi connectivity index (χ1v) is 13.7. The van der Waals surface area contributed by atoms with Crippen molar-refractivity contribution in [3.63, 3.8) is 0 Å². The van der Waals surface area contributed by atoms with Crippen LogP contribution in [0, 0.1) is 5.92 Å². The van der Waals surface area contributed by atoms with Gasteiger partial charge in [0.05, 0.1) is 34.9 Å². The van der Waals surface area contributed by atoms with Gasteiger partial charge in [0.1, 0.15) is 12.2 Å². The molecule has 1 unspecified atom stereocenters. The fraction of sp³-hybridized carbons (Fsp3) is 0.483. The lowest BCUT2D eigenvalue weighted by atomic mass is 9.58. The van der Waals surface area contributed by atoms with Crippen LogP contribution in [0.25, 0.3) is 11.2 Å². The molecule has 8 nitrogen and oxygen atoms in total. The Labute approximate surface area is 230 Å². The number of halogens is 3. The van der Waals surface area contributed by atoms with E-state index >= 15 is 0 Å². The van der Waals surface area contributed by atoms with Gasteiger partial charge in [-0.25, -0.2) is 4.79 Å². The molecular formula is C29H33F3N6O2. The van der Waals surface area contributed by atoms with Gasteiger partial charge in [0, 0.05) is 39.1 Å². The highest BCUT2D eigenvalue weighted by atomic mass is 19.4. The summed E-state index contributed by atoms with van der Waals surface area (Å²) in [6.07, 6.45) is 2.53. The molecular weight excluding hydrogens is 521 g/mol. The van der Waals surface area contributed by atoms with Gasteiger partial charge in [-0.15, -0.1) is 10.2 Å². The number of benzene rings is 1. The molecule has 2 aliphatic rings. The van der Waals surface area contributed by atoms with Crippen molar-refractivity contribution in [2.24, 2.45) is 13.0 Å². The second-order valence-corrected chi connectivity index (χ2v) is 11.3. The minimum atomic E-state index is -4.62. The SMILES string of the molecule is CCC1CN(Cc2cc(C(F)(F)F)c3cn(-c4cccc(C5(c6nncn6C)CC(C)C5)c4)c(=O)n3c2)CCO1. The van der Waals surface area contributed by atoms with Crippen molar-refractivity contribution in [3.05, 3.63) is 82.1 Å². The van der Waals surface area contributed by atoms with Gasteiger partial charge in [-0.1, -0.05) is 26.0 Å². The second kappa shape index (κ2) is 9.88. The average Bonchev–Trinajstić information content (AvgIpc) is 3.49. The zero-order valence-corrected chi connectivity index (χ0v) is 22.9. The first kappa shape index (κ1) is 26.8. The van der Waals surface area contributed by atoms with Crippen LogP contribution in [0.4, 0.5) is 13.2 Å². The van der Waals surface area contributed by atoms with E-state index in [1.807, 2.05) is 36.7 Å². The monoisotopic (exact) mass is 554 g/mol. The summed E-state index contributed by atoms with van der Waals surface area (Å²) in [5.41, 5.74) is 0.0396. The molecule has 1 aromatic carbocycles. The zero-order chi connectivity index (χ0) is 28.2. The number of fused-ring (bicyclic) bond motifs is 1. The summed E-state index contributed by atoms with van der Waals surface area (Å²) in [6.45, 7) is 6.33. The average molecular weight is 555 g/mol. The molecule has 0 bridgehead atoms. The Kier molecular flexibility index (Phi) is 6.61. The molecule has 0 amide bonds. The normalized spacial score (nSPS) is 23.9. The molecule has 1 atom stereocenters. The molecule has 3 aromatic heterocycles. The lowest BCUT2D eigenvalue weighted by Crippen LogP contribution is -2.43. The van der Waals surface area contributed by atoms with Crippen molar-refractivity contribution in [1.82, 2.24) is 28.6 Å². The number of morpholine rings is 1. The molecule has 1 aliphatic carbocycles. The first-order valence-electron chi connectivity index (χ1n) is 13.7. The van der Waals surface area contributed by atoms with Crippen molar-refractivity contribution < 1.29 is 17.9 Å². The molecule has 40 heavy (non-hydrogen) atoms. The van der Waals surface area contributed by atoms with Gasteiger partial charge in [-0.2, -0.15) is 13.2 Å². The summed E-state index contributed by atoms with van der Waals surface area (Å²) in [5.74, 6) is 1.33. The molecule has 11 heteroatoms. The maximum Gasteiger partial charge on any atom is 0.418 e. The third-order valence-electron chi connectivity index (χ3n) is 8.42. The third-order valence-corrected chi connectivity index (χ3v) is 8.42. The Morgan fingerprint density at radius 1 is 1.18 bits per heavy atom. The van der Waals surface area contributed by atoms with Crippen LogP contribution < -0.4 is 5.69 Å². The van der Waals surface area contributed by atoms with E-state index in [4.69, 9.17) is 4.74 Å². The summed E-state index contributed by atoms with van der Waals surface area (Å²) in [6, 6.07) is 8.66. The second-order valence-electron chi connectivity index (χ2n) is 11.3. The fourth-order valence-corrected chi connectivity index (χ4v) is 6.52. The number of aryl methyl sites for hydroxylation is 1. The number of aromatic nitrogens is 5. The van der Waals surface area contributed by atoms with Gasteiger partial charge >= 0.3 is 11.9 Å². The number of hydrogen-bond donors (Lipinski definition) is 0. The largest absolute Gasteiger partial charge is 0.418 e. The highest BCUT2D eigenvalue weighted by Crippen LogP contribution is 2.51. The van der Waals surface area contributed by atoms with Crippen molar-refractivity contribution in [3.8, 4) is 5.69 Å². The van der Waals surface area contributed by atoms with Gasteiger partial charge in [-0.3, -0.25) is 13.9 Å². The summed E-state index contributed by atoms with van der Waals surface area (Å²) >= 11 is 0. The zero-order valence-electron chi connectivity index (χ0n) is 22.9. The molecule has 212 valence electrons. The standard InChI is InChI=1S/C29H33F3N6O2/c1-4-23-16-36(8-9-40-23)14-20-10-24(29(30,31)32)25-17-37(27(39)38(25)15-20)22-7-5-6-21(11-22)28(12-19(2)13-28)26-34-33-18-35(26)3/h5-7,10-11,15,17-19,23H,4,8-9,12-14,16H2,1-3H3. The van der Waals surface area contributed by atoms with E-state index < -0.39 is 17.4 Å². The summed E-state index contributed by atoms with van der Waals surface area (Å²) in [4.78, 5) is 15.7. The Morgan fingerprint density at radius 2 is 1.98 bits per heavy atom. The number of imidazole rings is 1.